The molecular formula is C16H21IN4OS. The zero-order chi connectivity index (χ0) is 15.4. The number of halogens is 1. The van der Waals surface area contributed by atoms with Gasteiger partial charge >= 0.3 is 0 Å². The minimum absolute atomic E-state index is 0. The molecule has 1 aliphatic rings. The van der Waals surface area contributed by atoms with Crippen LogP contribution in [0.4, 0.5) is 0 Å². The zero-order valence-electron chi connectivity index (χ0n) is 13.1. The van der Waals surface area contributed by atoms with E-state index in [1.165, 1.54) is 5.56 Å². The van der Waals surface area contributed by atoms with E-state index >= 15 is 0 Å². The summed E-state index contributed by atoms with van der Waals surface area (Å²) in [5.74, 6) is 3.44. The Labute approximate surface area is 157 Å². The fourth-order valence-corrected chi connectivity index (χ4v) is 3.17. The largest absolute Gasteiger partial charge is 0.444 e. The summed E-state index contributed by atoms with van der Waals surface area (Å²) in [5.41, 5.74) is 9.02. The summed E-state index contributed by atoms with van der Waals surface area (Å²) in [4.78, 5) is 11.0. The monoisotopic (exact) mass is 444 g/mol. The van der Waals surface area contributed by atoms with Crippen molar-refractivity contribution >= 4 is 41.7 Å². The summed E-state index contributed by atoms with van der Waals surface area (Å²) in [5, 5.41) is 0. The Morgan fingerprint density at radius 2 is 2.00 bits per heavy atom. The summed E-state index contributed by atoms with van der Waals surface area (Å²) in [7, 11) is 0. The Balaban J connectivity index is 0.00000192. The van der Waals surface area contributed by atoms with Gasteiger partial charge in [-0.15, -0.1) is 24.0 Å². The molecule has 0 bridgehead atoms. The number of nitrogens with zero attached hydrogens (tertiary/aromatic N) is 3. The molecule has 124 valence electrons. The van der Waals surface area contributed by atoms with E-state index in [0.717, 1.165) is 35.9 Å². The van der Waals surface area contributed by atoms with Gasteiger partial charge < -0.3 is 15.1 Å². The van der Waals surface area contributed by atoms with E-state index in [2.05, 4.69) is 21.8 Å². The first kappa shape index (κ1) is 18.1. The fraction of sp³-hybridized carbons (Fsp3) is 0.375. The molecule has 1 aromatic heterocycles. The molecule has 0 aliphatic carbocycles. The van der Waals surface area contributed by atoms with E-state index in [0.29, 0.717) is 18.4 Å². The summed E-state index contributed by atoms with van der Waals surface area (Å²) in [6.07, 6.45) is 1.65. The third kappa shape index (κ3) is 4.87. The van der Waals surface area contributed by atoms with Crippen LogP contribution >= 0.6 is 35.7 Å². The molecule has 1 saturated heterocycles. The smallest absolute Gasteiger partial charge is 0.226 e. The third-order valence-electron chi connectivity index (χ3n) is 3.59. The van der Waals surface area contributed by atoms with Crippen LogP contribution in [0.1, 0.15) is 11.3 Å². The molecule has 2 heterocycles. The van der Waals surface area contributed by atoms with Crippen molar-refractivity contribution in [3.05, 3.63) is 41.8 Å². The molecule has 7 heteroatoms. The van der Waals surface area contributed by atoms with Crippen LogP contribution in [0.25, 0.3) is 11.5 Å². The maximum atomic E-state index is 6.04. The minimum Gasteiger partial charge on any atom is -0.444 e. The molecule has 0 radical (unpaired) electrons. The Morgan fingerprint density at radius 1 is 1.30 bits per heavy atom. The van der Waals surface area contributed by atoms with E-state index in [9.17, 15) is 0 Å². The van der Waals surface area contributed by atoms with Gasteiger partial charge in [0.15, 0.2) is 5.96 Å². The number of hydrogen-bond acceptors (Lipinski definition) is 4. The first-order valence-corrected chi connectivity index (χ1v) is 8.52. The van der Waals surface area contributed by atoms with Crippen LogP contribution in [0.3, 0.4) is 0 Å². The van der Waals surface area contributed by atoms with Crippen LogP contribution < -0.4 is 5.73 Å². The van der Waals surface area contributed by atoms with Gasteiger partial charge in [-0.25, -0.2) is 9.98 Å². The number of oxazole rings is 1. The van der Waals surface area contributed by atoms with Crippen molar-refractivity contribution in [2.75, 3.05) is 24.6 Å². The summed E-state index contributed by atoms with van der Waals surface area (Å²) < 4.78 is 5.53. The number of aryl methyl sites for hydroxylation is 1. The summed E-state index contributed by atoms with van der Waals surface area (Å²) in [6, 6.07) is 8.11. The lowest BCUT2D eigenvalue weighted by Crippen LogP contribution is -2.42. The lowest BCUT2D eigenvalue weighted by Gasteiger charge is -2.27. The van der Waals surface area contributed by atoms with Crippen molar-refractivity contribution in [2.45, 2.75) is 13.5 Å². The number of hydrogen-bond donors (Lipinski definition) is 1. The van der Waals surface area contributed by atoms with Crippen molar-refractivity contribution in [3.63, 3.8) is 0 Å². The summed E-state index contributed by atoms with van der Waals surface area (Å²) >= 11 is 1.95. The predicted octanol–water partition coefficient (Wildman–Crippen LogP) is 3.13. The minimum atomic E-state index is 0. The molecule has 5 nitrogen and oxygen atoms in total. The summed E-state index contributed by atoms with van der Waals surface area (Å²) in [6.45, 7) is 4.44. The molecule has 1 aliphatic heterocycles. The number of thioether (sulfide) groups is 1. The van der Waals surface area contributed by atoms with Gasteiger partial charge in [-0.3, -0.25) is 0 Å². The number of benzene rings is 1. The molecule has 0 amide bonds. The van der Waals surface area contributed by atoms with Crippen LogP contribution in [0.2, 0.25) is 0 Å². The normalized spacial score (nSPS) is 15.3. The fourth-order valence-electron chi connectivity index (χ4n) is 2.26. The van der Waals surface area contributed by atoms with Crippen molar-refractivity contribution < 1.29 is 4.42 Å². The number of aromatic nitrogens is 1. The van der Waals surface area contributed by atoms with Crippen LogP contribution in [0, 0.1) is 6.92 Å². The van der Waals surface area contributed by atoms with E-state index in [1.54, 1.807) is 6.26 Å². The second kappa shape index (κ2) is 8.58. The standard InChI is InChI=1S/C16H20N4OS.HI/c1-12-2-4-13(5-3-12)15-19-14(11-21-15)10-18-16(17)20-6-8-22-9-7-20;/h2-5,11H,6-10H2,1H3,(H2,17,18);1H. The average molecular weight is 444 g/mol. The zero-order valence-corrected chi connectivity index (χ0v) is 16.2. The van der Waals surface area contributed by atoms with Crippen LogP contribution in [0.15, 0.2) is 39.9 Å². The van der Waals surface area contributed by atoms with Crippen molar-refractivity contribution in [1.29, 1.82) is 0 Å². The Bertz CT molecular complexity index is 650. The topological polar surface area (TPSA) is 67.7 Å². The molecular weight excluding hydrogens is 423 g/mol. The van der Waals surface area contributed by atoms with Crippen LogP contribution in [-0.2, 0) is 6.54 Å². The molecule has 0 unspecified atom stereocenters. The molecule has 1 aromatic carbocycles. The van der Waals surface area contributed by atoms with Gasteiger partial charge in [0, 0.05) is 30.2 Å². The Hall–Kier alpha value is -1.22. The highest BCUT2D eigenvalue weighted by molar-refractivity contribution is 14.0. The number of guanidine groups is 1. The third-order valence-corrected chi connectivity index (χ3v) is 4.53. The number of nitrogens with two attached hydrogens (primary N) is 1. The van der Waals surface area contributed by atoms with E-state index in [4.69, 9.17) is 10.2 Å². The average Bonchev–Trinajstić information content (AvgIpc) is 3.03. The molecule has 0 atom stereocenters. The molecule has 23 heavy (non-hydrogen) atoms. The quantitative estimate of drug-likeness (QED) is 0.448. The maximum Gasteiger partial charge on any atom is 0.226 e. The van der Waals surface area contributed by atoms with Crippen LogP contribution in [-0.4, -0.2) is 40.4 Å². The second-order valence-electron chi connectivity index (χ2n) is 5.28. The lowest BCUT2D eigenvalue weighted by molar-refractivity contribution is 0.455. The number of aliphatic imine (C=N–C) groups is 1. The number of rotatable bonds is 3. The van der Waals surface area contributed by atoms with Gasteiger partial charge in [-0.1, -0.05) is 17.7 Å². The Kier molecular flexibility index (Phi) is 6.76. The molecule has 2 N–H and O–H groups in total. The molecule has 2 aromatic rings. The van der Waals surface area contributed by atoms with Gasteiger partial charge in [0.2, 0.25) is 5.89 Å². The second-order valence-corrected chi connectivity index (χ2v) is 6.51. The van der Waals surface area contributed by atoms with Crippen molar-refractivity contribution in [1.82, 2.24) is 9.88 Å². The molecule has 3 rings (SSSR count). The SMILES string of the molecule is Cc1ccc(-c2nc(CN=C(N)N3CCSCC3)co2)cc1.I. The predicted molar refractivity (Wildman–Crippen MR) is 106 cm³/mol. The highest BCUT2D eigenvalue weighted by Crippen LogP contribution is 2.19. The first-order chi connectivity index (χ1) is 10.7. The van der Waals surface area contributed by atoms with E-state index in [-0.39, 0.29) is 24.0 Å². The molecule has 1 fully saturated rings. The maximum absolute atomic E-state index is 6.04. The van der Waals surface area contributed by atoms with Gasteiger partial charge in [-0.05, 0) is 19.1 Å². The lowest BCUT2D eigenvalue weighted by atomic mass is 10.1. The van der Waals surface area contributed by atoms with Gasteiger partial charge in [0.25, 0.3) is 0 Å². The van der Waals surface area contributed by atoms with Crippen molar-refractivity contribution in [2.24, 2.45) is 10.7 Å². The van der Waals surface area contributed by atoms with Crippen molar-refractivity contribution in [3.8, 4) is 11.5 Å². The van der Waals surface area contributed by atoms with Gasteiger partial charge in [-0.2, -0.15) is 11.8 Å². The molecule has 0 saturated carbocycles. The van der Waals surface area contributed by atoms with Gasteiger partial charge in [0.05, 0.1) is 6.54 Å². The van der Waals surface area contributed by atoms with E-state index < -0.39 is 0 Å². The highest BCUT2D eigenvalue weighted by atomic mass is 127. The first-order valence-electron chi connectivity index (χ1n) is 7.36. The van der Waals surface area contributed by atoms with Gasteiger partial charge in [0.1, 0.15) is 12.0 Å². The van der Waals surface area contributed by atoms with E-state index in [1.807, 2.05) is 36.0 Å². The molecule has 0 spiro atoms. The van der Waals surface area contributed by atoms with Crippen LogP contribution in [0.5, 0.6) is 0 Å². The highest BCUT2D eigenvalue weighted by Gasteiger charge is 2.12. The Morgan fingerprint density at radius 3 is 2.70 bits per heavy atom.